The third-order valence-corrected chi connectivity index (χ3v) is 4.97. The molecule has 0 radical (unpaired) electrons. The van der Waals surface area contributed by atoms with Gasteiger partial charge in [-0.15, -0.1) is 11.8 Å². The highest BCUT2D eigenvalue weighted by Crippen LogP contribution is 2.21. The van der Waals surface area contributed by atoms with E-state index >= 15 is 0 Å². The maximum Gasteiger partial charge on any atom is 0.241 e. The largest absolute Gasteiger partial charge is 0.347 e. The van der Waals surface area contributed by atoms with Crippen molar-refractivity contribution in [3.8, 4) is 0 Å². The Morgan fingerprint density at radius 1 is 1.18 bits per heavy atom. The first-order chi connectivity index (χ1) is 10.6. The SMILES string of the molecule is Cc1ccc(SCCC(=O)NCC(=O)N2CCCC2)cc1C. The van der Waals surface area contributed by atoms with Gasteiger partial charge in [-0.05, 0) is 49.9 Å². The number of hydrogen-bond acceptors (Lipinski definition) is 3. The molecule has 0 spiro atoms. The van der Waals surface area contributed by atoms with E-state index in [0.717, 1.165) is 31.7 Å². The number of amides is 2. The van der Waals surface area contributed by atoms with Crippen molar-refractivity contribution in [2.24, 2.45) is 0 Å². The van der Waals surface area contributed by atoms with Gasteiger partial charge in [0.1, 0.15) is 0 Å². The normalized spacial score (nSPS) is 14.2. The van der Waals surface area contributed by atoms with E-state index in [1.807, 2.05) is 4.90 Å². The minimum Gasteiger partial charge on any atom is -0.347 e. The molecule has 2 amide bonds. The summed E-state index contributed by atoms with van der Waals surface area (Å²) in [4.78, 5) is 26.6. The van der Waals surface area contributed by atoms with Gasteiger partial charge in [0.25, 0.3) is 0 Å². The molecule has 22 heavy (non-hydrogen) atoms. The van der Waals surface area contributed by atoms with Crippen molar-refractivity contribution < 1.29 is 9.59 Å². The van der Waals surface area contributed by atoms with E-state index in [-0.39, 0.29) is 18.4 Å². The van der Waals surface area contributed by atoms with E-state index in [0.29, 0.717) is 6.42 Å². The summed E-state index contributed by atoms with van der Waals surface area (Å²) in [6.07, 6.45) is 2.59. The summed E-state index contributed by atoms with van der Waals surface area (Å²) in [5, 5.41) is 2.72. The van der Waals surface area contributed by atoms with Crippen molar-refractivity contribution in [3.05, 3.63) is 29.3 Å². The van der Waals surface area contributed by atoms with Crippen LogP contribution in [0.15, 0.2) is 23.1 Å². The van der Waals surface area contributed by atoms with Crippen LogP contribution in [0, 0.1) is 13.8 Å². The maximum absolute atomic E-state index is 11.8. The Kier molecular flexibility index (Phi) is 6.31. The first-order valence-electron chi connectivity index (χ1n) is 7.81. The zero-order valence-electron chi connectivity index (χ0n) is 13.4. The number of likely N-dealkylation sites (tertiary alicyclic amines) is 1. The average Bonchev–Trinajstić information content (AvgIpc) is 3.03. The van der Waals surface area contributed by atoms with E-state index < -0.39 is 0 Å². The van der Waals surface area contributed by atoms with Gasteiger partial charge < -0.3 is 10.2 Å². The van der Waals surface area contributed by atoms with Crippen LogP contribution in [0.2, 0.25) is 0 Å². The van der Waals surface area contributed by atoms with Crippen molar-refractivity contribution in [2.45, 2.75) is 38.0 Å². The van der Waals surface area contributed by atoms with E-state index in [4.69, 9.17) is 0 Å². The molecule has 0 atom stereocenters. The first kappa shape index (κ1) is 16.9. The molecule has 1 saturated heterocycles. The summed E-state index contributed by atoms with van der Waals surface area (Å²) >= 11 is 1.68. The van der Waals surface area contributed by atoms with Crippen LogP contribution in [-0.4, -0.2) is 42.1 Å². The number of carbonyl (C=O) groups excluding carboxylic acids is 2. The molecule has 1 heterocycles. The molecule has 1 fully saturated rings. The number of hydrogen-bond donors (Lipinski definition) is 1. The van der Waals surface area contributed by atoms with Gasteiger partial charge in [-0.2, -0.15) is 0 Å². The van der Waals surface area contributed by atoms with Crippen molar-refractivity contribution in [3.63, 3.8) is 0 Å². The monoisotopic (exact) mass is 320 g/mol. The fourth-order valence-corrected chi connectivity index (χ4v) is 3.35. The van der Waals surface area contributed by atoms with Crippen LogP contribution in [-0.2, 0) is 9.59 Å². The molecule has 4 nitrogen and oxygen atoms in total. The fourth-order valence-electron chi connectivity index (χ4n) is 2.41. The number of aryl methyl sites for hydroxylation is 2. The number of nitrogens with zero attached hydrogens (tertiary/aromatic N) is 1. The third-order valence-electron chi connectivity index (χ3n) is 3.97. The van der Waals surface area contributed by atoms with Crippen LogP contribution in [0.5, 0.6) is 0 Å². The lowest BCUT2D eigenvalue weighted by Gasteiger charge is -2.15. The summed E-state index contributed by atoms with van der Waals surface area (Å²) in [6.45, 7) is 5.98. The molecular weight excluding hydrogens is 296 g/mol. The van der Waals surface area contributed by atoms with Crippen LogP contribution in [0.4, 0.5) is 0 Å². The van der Waals surface area contributed by atoms with Crippen molar-refractivity contribution >= 4 is 23.6 Å². The second kappa shape index (κ2) is 8.22. The van der Waals surface area contributed by atoms with Gasteiger partial charge in [-0.25, -0.2) is 0 Å². The molecule has 1 N–H and O–H groups in total. The standard InChI is InChI=1S/C17H24N2O2S/c1-13-5-6-15(11-14(13)2)22-10-7-16(20)18-12-17(21)19-8-3-4-9-19/h5-6,11H,3-4,7-10,12H2,1-2H3,(H,18,20). The molecule has 120 valence electrons. The highest BCUT2D eigenvalue weighted by atomic mass is 32.2. The van der Waals surface area contributed by atoms with Crippen LogP contribution in [0.3, 0.4) is 0 Å². The number of thioether (sulfide) groups is 1. The zero-order chi connectivity index (χ0) is 15.9. The molecule has 0 saturated carbocycles. The molecule has 0 unspecified atom stereocenters. The Morgan fingerprint density at radius 2 is 1.91 bits per heavy atom. The van der Waals surface area contributed by atoms with Crippen LogP contribution in [0.1, 0.15) is 30.4 Å². The number of nitrogens with one attached hydrogen (secondary N) is 1. The highest BCUT2D eigenvalue weighted by molar-refractivity contribution is 7.99. The number of carbonyl (C=O) groups is 2. The van der Waals surface area contributed by atoms with Gasteiger partial charge >= 0.3 is 0 Å². The van der Waals surface area contributed by atoms with Crippen molar-refractivity contribution in [1.82, 2.24) is 10.2 Å². The summed E-state index contributed by atoms with van der Waals surface area (Å²) in [5.74, 6) is 0.711. The molecule has 1 aliphatic rings. The van der Waals surface area contributed by atoms with E-state index in [2.05, 4.69) is 37.4 Å². The zero-order valence-corrected chi connectivity index (χ0v) is 14.2. The Bertz CT molecular complexity index is 539. The molecule has 5 heteroatoms. The van der Waals surface area contributed by atoms with E-state index in [9.17, 15) is 9.59 Å². The molecule has 1 aromatic rings. The molecule has 0 aromatic heterocycles. The first-order valence-corrected chi connectivity index (χ1v) is 8.79. The lowest BCUT2D eigenvalue weighted by molar-refractivity contribution is -0.131. The van der Waals surface area contributed by atoms with Gasteiger partial charge in [-0.1, -0.05) is 6.07 Å². The Labute approximate surface area is 136 Å². The third kappa shape index (κ3) is 5.05. The second-order valence-electron chi connectivity index (χ2n) is 5.71. The molecule has 0 bridgehead atoms. The number of benzene rings is 1. The van der Waals surface area contributed by atoms with Crippen LogP contribution >= 0.6 is 11.8 Å². The van der Waals surface area contributed by atoms with Crippen LogP contribution in [0.25, 0.3) is 0 Å². The van der Waals surface area contributed by atoms with Gasteiger partial charge in [0.2, 0.25) is 11.8 Å². The predicted octanol–water partition coefficient (Wildman–Crippen LogP) is 2.52. The lowest BCUT2D eigenvalue weighted by Crippen LogP contribution is -2.38. The fraction of sp³-hybridized carbons (Fsp3) is 0.529. The predicted molar refractivity (Wildman–Crippen MR) is 90.1 cm³/mol. The lowest BCUT2D eigenvalue weighted by atomic mass is 10.1. The molecular formula is C17H24N2O2S. The summed E-state index contributed by atoms with van der Waals surface area (Å²) in [6, 6.07) is 6.34. The van der Waals surface area contributed by atoms with E-state index in [1.165, 1.54) is 16.0 Å². The topological polar surface area (TPSA) is 49.4 Å². The summed E-state index contributed by atoms with van der Waals surface area (Å²) < 4.78 is 0. The van der Waals surface area contributed by atoms with Crippen molar-refractivity contribution in [1.29, 1.82) is 0 Å². The Hall–Kier alpha value is -1.49. The summed E-state index contributed by atoms with van der Waals surface area (Å²) in [7, 11) is 0. The average molecular weight is 320 g/mol. The van der Waals surface area contributed by atoms with Crippen LogP contribution < -0.4 is 5.32 Å². The molecule has 0 aliphatic carbocycles. The molecule has 1 aromatic carbocycles. The summed E-state index contributed by atoms with van der Waals surface area (Å²) in [5.41, 5.74) is 2.55. The van der Waals surface area contributed by atoms with Gasteiger partial charge in [0.05, 0.1) is 6.54 Å². The minimum atomic E-state index is -0.0520. The Morgan fingerprint density at radius 3 is 2.59 bits per heavy atom. The highest BCUT2D eigenvalue weighted by Gasteiger charge is 2.17. The Balaban J connectivity index is 1.64. The van der Waals surface area contributed by atoms with E-state index in [1.54, 1.807) is 11.8 Å². The van der Waals surface area contributed by atoms with Gasteiger partial charge in [0.15, 0.2) is 0 Å². The maximum atomic E-state index is 11.8. The smallest absolute Gasteiger partial charge is 0.241 e. The minimum absolute atomic E-state index is 0.0349. The molecule has 2 rings (SSSR count). The van der Waals surface area contributed by atoms with Crippen molar-refractivity contribution in [2.75, 3.05) is 25.4 Å². The van der Waals surface area contributed by atoms with Gasteiger partial charge in [-0.3, -0.25) is 9.59 Å². The second-order valence-corrected chi connectivity index (χ2v) is 6.88. The quantitative estimate of drug-likeness (QED) is 0.820. The van der Waals surface area contributed by atoms with Gasteiger partial charge in [0, 0.05) is 30.2 Å². The number of rotatable bonds is 6. The molecule has 1 aliphatic heterocycles.